The van der Waals surface area contributed by atoms with Gasteiger partial charge in [0.25, 0.3) is 0 Å². The van der Waals surface area contributed by atoms with Crippen LogP contribution >= 0.6 is 23.1 Å². The van der Waals surface area contributed by atoms with Gasteiger partial charge in [0.1, 0.15) is 0 Å². The van der Waals surface area contributed by atoms with Crippen LogP contribution in [0, 0.1) is 0 Å². The molecule has 1 aliphatic heterocycles. The highest BCUT2D eigenvalue weighted by Crippen LogP contribution is 2.41. The van der Waals surface area contributed by atoms with Gasteiger partial charge in [-0.25, -0.2) is 0 Å². The first-order valence-electron chi connectivity index (χ1n) is 7.37. The van der Waals surface area contributed by atoms with Crippen molar-refractivity contribution < 1.29 is 0 Å². The van der Waals surface area contributed by atoms with Crippen LogP contribution in [-0.4, -0.2) is 23.2 Å². The average Bonchev–Trinajstić information content (AvgIpc) is 3.05. The fourth-order valence-corrected chi connectivity index (χ4v) is 4.96. The molecule has 0 radical (unpaired) electrons. The lowest BCUT2D eigenvalue weighted by Gasteiger charge is -2.25. The summed E-state index contributed by atoms with van der Waals surface area (Å²) in [6.07, 6.45) is 2.79. The van der Waals surface area contributed by atoms with Gasteiger partial charge in [0.05, 0.1) is 0 Å². The van der Waals surface area contributed by atoms with Crippen molar-refractivity contribution in [3.05, 3.63) is 52.2 Å². The van der Waals surface area contributed by atoms with Gasteiger partial charge in [0, 0.05) is 35.7 Å². The van der Waals surface area contributed by atoms with Gasteiger partial charge in [-0.2, -0.15) is 11.3 Å². The number of benzene rings is 1. The molecule has 1 aromatic carbocycles. The molecule has 0 bridgehead atoms. The minimum atomic E-state index is 0.718. The van der Waals surface area contributed by atoms with Crippen LogP contribution in [0.3, 0.4) is 0 Å². The van der Waals surface area contributed by atoms with Gasteiger partial charge in [-0.3, -0.25) is 4.90 Å². The number of rotatable bonds is 5. The molecule has 0 amide bonds. The molecule has 2 aromatic rings. The van der Waals surface area contributed by atoms with Gasteiger partial charge in [-0.1, -0.05) is 18.2 Å². The van der Waals surface area contributed by atoms with E-state index >= 15 is 0 Å². The summed E-state index contributed by atoms with van der Waals surface area (Å²) in [5.74, 6) is 1.97. The number of thioether (sulfide) groups is 1. The van der Waals surface area contributed by atoms with E-state index in [9.17, 15) is 0 Å². The third kappa shape index (κ3) is 2.67. The fraction of sp³-hybridized carbons (Fsp3) is 0.412. The van der Waals surface area contributed by atoms with Crippen LogP contribution < -0.4 is 0 Å². The van der Waals surface area contributed by atoms with Crippen LogP contribution in [0.2, 0.25) is 0 Å². The highest BCUT2D eigenvalue weighted by atomic mass is 32.2. The molecule has 0 spiro atoms. The van der Waals surface area contributed by atoms with Crippen molar-refractivity contribution in [3.63, 3.8) is 0 Å². The third-order valence-corrected chi connectivity index (χ3v) is 6.27. The van der Waals surface area contributed by atoms with Crippen molar-refractivity contribution in [2.45, 2.75) is 36.2 Å². The Morgan fingerprint density at radius 2 is 2.05 bits per heavy atom. The molecule has 0 N–H and O–H groups in total. The Morgan fingerprint density at radius 1 is 1.15 bits per heavy atom. The van der Waals surface area contributed by atoms with E-state index in [1.165, 1.54) is 35.6 Å². The summed E-state index contributed by atoms with van der Waals surface area (Å²) in [6, 6.07) is 12.1. The Morgan fingerprint density at radius 3 is 2.85 bits per heavy atom. The van der Waals surface area contributed by atoms with Crippen molar-refractivity contribution in [1.82, 2.24) is 4.90 Å². The lowest BCUT2D eigenvalue weighted by molar-refractivity contribution is 0.243. The second-order valence-corrected chi connectivity index (χ2v) is 7.68. The predicted octanol–water partition coefficient (Wildman–Crippen LogP) is 4.60. The van der Waals surface area contributed by atoms with E-state index in [-0.39, 0.29) is 0 Å². The maximum absolute atomic E-state index is 2.72. The molecule has 1 fully saturated rings. The maximum atomic E-state index is 2.72. The van der Waals surface area contributed by atoms with Crippen molar-refractivity contribution in [2.75, 3.05) is 12.3 Å². The summed E-state index contributed by atoms with van der Waals surface area (Å²) in [7, 11) is 0. The number of fused-ring (bicyclic) bond motifs is 1. The van der Waals surface area contributed by atoms with E-state index in [2.05, 4.69) is 46.0 Å². The van der Waals surface area contributed by atoms with Crippen LogP contribution in [-0.2, 0) is 6.54 Å². The Kier molecular flexibility index (Phi) is 3.59. The number of thiophene rings is 1. The smallest absolute Gasteiger partial charge is 0.0245 e. The molecule has 0 saturated heterocycles. The van der Waals surface area contributed by atoms with Crippen molar-refractivity contribution in [3.8, 4) is 0 Å². The second kappa shape index (κ2) is 5.55. The van der Waals surface area contributed by atoms with Crippen molar-refractivity contribution in [1.29, 1.82) is 0 Å². The standard InChI is InChI=1S/C17H19NS2/c1-2-4-17-16(3-1)14(12-20-17)10-18(15-5-6-15)9-13-7-8-19-11-13/h1-4,7-8,11,14-15H,5-6,9-10,12H2. The zero-order chi connectivity index (χ0) is 13.4. The molecular formula is C17H19NS2. The number of hydrogen-bond donors (Lipinski definition) is 0. The Balaban J connectivity index is 1.49. The highest BCUT2D eigenvalue weighted by molar-refractivity contribution is 7.99. The predicted molar refractivity (Wildman–Crippen MR) is 87.7 cm³/mol. The first-order valence-corrected chi connectivity index (χ1v) is 9.30. The Hall–Kier alpha value is -0.770. The summed E-state index contributed by atoms with van der Waals surface area (Å²) < 4.78 is 0. The van der Waals surface area contributed by atoms with Gasteiger partial charge in [0.2, 0.25) is 0 Å². The van der Waals surface area contributed by atoms with Gasteiger partial charge < -0.3 is 0 Å². The SMILES string of the molecule is c1ccc2c(c1)SCC2CN(Cc1ccsc1)C1CC1. The molecule has 1 atom stereocenters. The van der Waals surface area contributed by atoms with E-state index < -0.39 is 0 Å². The zero-order valence-corrected chi connectivity index (χ0v) is 13.1. The summed E-state index contributed by atoms with van der Waals surface area (Å²) in [4.78, 5) is 4.22. The minimum Gasteiger partial charge on any atom is -0.295 e. The quantitative estimate of drug-likeness (QED) is 0.794. The Bertz CT molecular complexity index is 574. The van der Waals surface area contributed by atoms with Gasteiger partial charge >= 0.3 is 0 Å². The molecule has 104 valence electrons. The lowest BCUT2D eigenvalue weighted by Crippen LogP contribution is -2.30. The van der Waals surface area contributed by atoms with E-state index in [0.29, 0.717) is 0 Å². The minimum absolute atomic E-state index is 0.718. The molecule has 1 saturated carbocycles. The first kappa shape index (κ1) is 12.9. The largest absolute Gasteiger partial charge is 0.295 e. The molecule has 3 heteroatoms. The van der Waals surface area contributed by atoms with Gasteiger partial charge in [-0.15, -0.1) is 11.8 Å². The van der Waals surface area contributed by atoms with E-state index in [1.807, 2.05) is 23.1 Å². The average molecular weight is 301 g/mol. The zero-order valence-electron chi connectivity index (χ0n) is 11.5. The van der Waals surface area contributed by atoms with Gasteiger partial charge in [0.15, 0.2) is 0 Å². The van der Waals surface area contributed by atoms with Crippen LogP contribution in [0.15, 0.2) is 46.0 Å². The summed E-state index contributed by atoms with van der Waals surface area (Å²) in [5, 5.41) is 4.49. The highest BCUT2D eigenvalue weighted by Gasteiger charge is 2.33. The summed E-state index contributed by atoms with van der Waals surface area (Å²) in [6.45, 7) is 2.36. The molecule has 20 heavy (non-hydrogen) atoms. The van der Waals surface area contributed by atoms with E-state index in [1.54, 1.807) is 5.56 Å². The molecule has 2 aliphatic rings. The molecule has 1 unspecified atom stereocenters. The number of nitrogens with zero attached hydrogens (tertiary/aromatic N) is 1. The Labute approximate surface area is 129 Å². The normalized spacial score (nSPS) is 21.4. The molecule has 1 nitrogen and oxygen atoms in total. The first-order chi connectivity index (χ1) is 9.90. The summed E-state index contributed by atoms with van der Waals surface area (Å²) in [5.41, 5.74) is 3.06. The number of hydrogen-bond acceptors (Lipinski definition) is 3. The van der Waals surface area contributed by atoms with E-state index in [0.717, 1.165) is 18.5 Å². The van der Waals surface area contributed by atoms with Crippen molar-refractivity contribution >= 4 is 23.1 Å². The van der Waals surface area contributed by atoms with Crippen LogP contribution in [0.25, 0.3) is 0 Å². The van der Waals surface area contributed by atoms with Gasteiger partial charge in [-0.05, 0) is 46.9 Å². The van der Waals surface area contributed by atoms with Crippen LogP contribution in [0.4, 0.5) is 0 Å². The topological polar surface area (TPSA) is 3.24 Å². The molecule has 2 heterocycles. The van der Waals surface area contributed by atoms with Crippen LogP contribution in [0.5, 0.6) is 0 Å². The molecule has 1 aliphatic carbocycles. The lowest BCUT2D eigenvalue weighted by atomic mass is 10.0. The second-order valence-electron chi connectivity index (χ2n) is 5.84. The maximum Gasteiger partial charge on any atom is 0.0245 e. The molecule has 1 aromatic heterocycles. The third-order valence-electron chi connectivity index (χ3n) is 4.28. The molecular weight excluding hydrogens is 282 g/mol. The summed E-state index contributed by atoms with van der Waals surface area (Å²) >= 11 is 3.85. The monoisotopic (exact) mass is 301 g/mol. The van der Waals surface area contributed by atoms with E-state index in [4.69, 9.17) is 0 Å². The van der Waals surface area contributed by atoms with Crippen molar-refractivity contribution in [2.24, 2.45) is 0 Å². The molecule has 4 rings (SSSR count). The fourth-order valence-electron chi connectivity index (χ4n) is 3.06. The van der Waals surface area contributed by atoms with Crippen LogP contribution in [0.1, 0.15) is 29.9 Å².